The molecule has 86 valence electrons. The van der Waals surface area contributed by atoms with Gasteiger partial charge >= 0.3 is 6.09 Å². The SMILES string of the molecule is CC(C)(C)OC(=O)N1CC(C2CNC2)C1. The summed E-state index contributed by atoms with van der Waals surface area (Å²) >= 11 is 0. The maximum atomic E-state index is 11.6. The molecule has 2 aliphatic heterocycles. The van der Waals surface area contributed by atoms with Crippen molar-refractivity contribution in [2.24, 2.45) is 11.8 Å². The Morgan fingerprint density at radius 3 is 2.27 bits per heavy atom. The van der Waals surface area contributed by atoms with Crippen molar-refractivity contribution >= 4 is 6.09 Å². The van der Waals surface area contributed by atoms with Gasteiger partial charge in [0.2, 0.25) is 0 Å². The number of likely N-dealkylation sites (tertiary alicyclic amines) is 1. The summed E-state index contributed by atoms with van der Waals surface area (Å²) in [5, 5.41) is 3.26. The molecule has 15 heavy (non-hydrogen) atoms. The summed E-state index contributed by atoms with van der Waals surface area (Å²) in [7, 11) is 0. The van der Waals surface area contributed by atoms with Crippen molar-refractivity contribution in [1.82, 2.24) is 10.2 Å². The standard InChI is InChI=1S/C11H20N2O2/c1-11(2,3)15-10(14)13-6-9(7-13)8-4-12-5-8/h8-9,12H,4-7H2,1-3H3. The minimum Gasteiger partial charge on any atom is -0.444 e. The quantitative estimate of drug-likeness (QED) is 0.707. The van der Waals surface area contributed by atoms with E-state index in [1.165, 1.54) is 0 Å². The first-order valence-corrected chi connectivity index (χ1v) is 5.64. The van der Waals surface area contributed by atoms with Crippen LogP contribution >= 0.6 is 0 Å². The van der Waals surface area contributed by atoms with E-state index in [1.807, 2.05) is 20.8 Å². The lowest BCUT2D eigenvalue weighted by atomic mass is 9.82. The molecular weight excluding hydrogens is 192 g/mol. The second-order valence-electron chi connectivity index (χ2n) is 5.56. The molecule has 2 saturated heterocycles. The van der Waals surface area contributed by atoms with Gasteiger partial charge in [-0.05, 0) is 45.7 Å². The summed E-state index contributed by atoms with van der Waals surface area (Å²) in [5.74, 6) is 1.47. The van der Waals surface area contributed by atoms with Crippen molar-refractivity contribution in [2.75, 3.05) is 26.2 Å². The number of carbonyl (C=O) groups excluding carboxylic acids is 1. The molecule has 0 aromatic carbocycles. The van der Waals surface area contributed by atoms with E-state index < -0.39 is 0 Å². The Labute approximate surface area is 91.0 Å². The normalized spacial score (nSPS) is 23.3. The maximum absolute atomic E-state index is 11.6. The third-order valence-corrected chi connectivity index (χ3v) is 3.04. The molecule has 2 heterocycles. The second kappa shape index (κ2) is 3.67. The molecule has 0 spiro atoms. The minimum atomic E-state index is -0.375. The van der Waals surface area contributed by atoms with Gasteiger partial charge in [-0.2, -0.15) is 0 Å². The Morgan fingerprint density at radius 2 is 1.87 bits per heavy atom. The number of amides is 1. The number of nitrogens with one attached hydrogen (secondary N) is 1. The van der Waals surface area contributed by atoms with E-state index in [4.69, 9.17) is 4.74 Å². The number of ether oxygens (including phenoxy) is 1. The first-order valence-electron chi connectivity index (χ1n) is 5.64. The number of hydrogen-bond acceptors (Lipinski definition) is 3. The monoisotopic (exact) mass is 212 g/mol. The van der Waals surface area contributed by atoms with E-state index in [-0.39, 0.29) is 11.7 Å². The summed E-state index contributed by atoms with van der Waals surface area (Å²) in [5.41, 5.74) is -0.375. The molecule has 0 atom stereocenters. The Morgan fingerprint density at radius 1 is 1.27 bits per heavy atom. The van der Waals surface area contributed by atoms with E-state index in [1.54, 1.807) is 4.90 Å². The minimum absolute atomic E-state index is 0.161. The Balaban J connectivity index is 1.71. The molecule has 0 aromatic heterocycles. The van der Waals surface area contributed by atoms with Crippen molar-refractivity contribution in [1.29, 1.82) is 0 Å². The molecule has 0 unspecified atom stereocenters. The molecule has 0 aromatic rings. The summed E-state index contributed by atoms with van der Waals surface area (Å²) in [4.78, 5) is 13.4. The summed E-state index contributed by atoms with van der Waals surface area (Å²) < 4.78 is 5.29. The van der Waals surface area contributed by atoms with Gasteiger partial charge in [0, 0.05) is 13.1 Å². The smallest absolute Gasteiger partial charge is 0.410 e. The van der Waals surface area contributed by atoms with Gasteiger partial charge in [-0.3, -0.25) is 0 Å². The molecular formula is C11H20N2O2. The van der Waals surface area contributed by atoms with Gasteiger partial charge in [-0.15, -0.1) is 0 Å². The van der Waals surface area contributed by atoms with Crippen molar-refractivity contribution in [3.8, 4) is 0 Å². The molecule has 2 aliphatic rings. The average Bonchev–Trinajstić information content (AvgIpc) is 1.86. The van der Waals surface area contributed by atoms with Crippen LogP contribution in [0.4, 0.5) is 4.79 Å². The highest BCUT2D eigenvalue weighted by Gasteiger charge is 2.39. The molecule has 1 N–H and O–H groups in total. The first kappa shape index (κ1) is 10.7. The summed E-state index contributed by atoms with van der Waals surface area (Å²) in [6.07, 6.45) is -0.161. The lowest BCUT2D eigenvalue weighted by molar-refractivity contribution is -0.0161. The van der Waals surface area contributed by atoms with Crippen LogP contribution in [0.2, 0.25) is 0 Å². The van der Waals surface area contributed by atoms with Gasteiger partial charge in [0.15, 0.2) is 0 Å². The van der Waals surface area contributed by atoms with Gasteiger partial charge in [0.05, 0.1) is 0 Å². The lowest BCUT2D eigenvalue weighted by Gasteiger charge is -2.46. The number of nitrogens with zero attached hydrogens (tertiary/aromatic N) is 1. The lowest BCUT2D eigenvalue weighted by Crippen LogP contribution is -2.60. The van der Waals surface area contributed by atoms with Crippen LogP contribution in [0.1, 0.15) is 20.8 Å². The highest BCUT2D eigenvalue weighted by molar-refractivity contribution is 5.69. The van der Waals surface area contributed by atoms with Gasteiger partial charge in [-0.1, -0.05) is 0 Å². The number of carbonyl (C=O) groups is 1. The zero-order chi connectivity index (χ0) is 11.1. The molecule has 2 rings (SSSR count). The van der Waals surface area contributed by atoms with Crippen LogP contribution in [0, 0.1) is 11.8 Å². The van der Waals surface area contributed by atoms with Crippen LogP contribution in [-0.2, 0) is 4.74 Å². The van der Waals surface area contributed by atoms with Crippen LogP contribution in [-0.4, -0.2) is 42.8 Å². The molecule has 0 aliphatic carbocycles. The largest absolute Gasteiger partial charge is 0.444 e. The predicted molar refractivity (Wildman–Crippen MR) is 57.7 cm³/mol. The zero-order valence-corrected chi connectivity index (χ0v) is 9.75. The number of hydrogen-bond donors (Lipinski definition) is 1. The average molecular weight is 212 g/mol. The Kier molecular flexibility index (Phi) is 2.63. The zero-order valence-electron chi connectivity index (χ0n) is 9.75. The van der Waals surface area contributed by atoms with Crippen LogP contribution in [0.15, 0.2) is 0 Å². The van der Waals surface area contributed by atoms with Crippen LogP contribution in [0.3, 0.4) is 0 Å². The maximum Gasteiger partial charge on any atom is 0.410 e. The highest BCUT2D eigenvalue weighted by Crippen LogP contribution is 2.27. The fraction of sp³-hybridized carbons (Fsp3) is 0.909. The van der Waals surface area contributed by atoms with Gasteiger partial charge in [-0.25, -0.2) is 4.79 Å². The van der Waals surface area contributed by atoms with Crippen LogP contribution in [0.5, 0.6) is 0 Å². The topological polar surface area (TPSA) is 41.6 Å². The van der Waals surface area contributed by atoms with E-state index >= 15 is 0 Å². The van der Waals surface area contributed by atoms with E-state index in [0.717, 1.165) is 32.1 Å². The molecule has 4 heteroatoms. The third kappa shape index (κ3) is 2.43. The van der Waals surface area contributed by atoms with Crippen molar-refractivity contribution < 1.29 is 9.53 Å². The molecule has 0 bridgehead atoms. The van der Waals surface area contributed by atoms with Gasteiger partial charge < -0.3 is 15.0 Å². The Bertz CT molecular complexity index is 250. The summed E-state index contributed by atoms with van der Waals surface area (Å²) in [6, 6.07) is 0. The van der Waals surface area contributed by atoms with Crippen LogP contribution < -0.4 is 5.32 Å². The predicted octanol–water partition coefficient (Wildman–Crippen LogP) is 1.07. The molecule has 0 radical (unpaired) electrons. The molecule has 0 saturated carbocycles. The van der Waals surface area contributed by atoms with E-state index in [0.29, 0.717) is 5.92 Å². The highest BCUT2D eigenvalue weighted by atomic mass is 16.6. The fourth-order valence-corrected chi connectivity index (χ4v) is 1.93. The van der Waals surface area contributed by atoms with Gasteiger partial charge in [0.25, 0.3) is 0 Å². The van der Waals surface area contributed by atoms with Crippen LogP contribution in [0.25, 0.3) is 0 Å². The van der Waals surface area contributed by atoms with Crippen molar-refractivity contribution in [3.05, 3.63) is 0 Å². The number of rotatable bonds is 1. The summed E-state index contributed by atoms with van der Waals surface area (Å²) in [6.45, 7) is 9.69. The van der Waals surface area contributed by atoms with E-state index in [9.17, 15) is 4.79 Å². The van der Waals surface area contributed by atoms with Gasteiger partial charge in [0.1, 0.15) is 5.60 Å². The van der Waals surface area contributed by atoms with Crippen molar-refractivity contribution in [3.63, 3.8) is 0 Å². The fourth-order valence-electron chi connectivity index (χ4n) is 1.93. The molecule has 1 amide bonds. The second-order valence-corrected chi connectivity index (χ2v) is 5.56. The third-order valence-electron chi connectivity index (χ3n) is 3.04. The van der Waals surface area contributed by atoms with E-state index in [2.05, 4.69) is 5.32 Å². The molecule has 2 fully saturated rings. The van der Waals surface area contributed by atoms with Crippen molar-refractivity contribution in [2.45, 2.75) is 26.4 Å². The molecule has 4 nitrogen and oxygen atoms in total. The Hall–Kier alpha value is -0.770. The first-order chi connectivity index (χ1) is 6.96.